The zero-order chi connectivity index (χ0) is 21.0. The van der Waals surface area contributed by atoms with E-state index in [2.05, 4.69) is 10.6 Å². The lowest BCUT2D eigenvalue weighted by Crippen LogP contribution is -2.54. The number of hydrogen-bond donors (Lipinski definition) is 3. The van der Waals surface area contributed by atoms with Crippen LogP contribution in [0.2, 0.25) is 0 Å². The van der Waals surface area contributed by atoms with E-state index >= 15 is 0 Å². The summed E-state index contributed by atoms with van der Waals surface area (Å²) < 4.78 is 13.1. The summed E-state index contributed by atoms with van der Waals surface area (Å²) in [6, 6.07) is 3.38. The highest BCUT2D eigenvalue weighted by atomic mass is 19.1. The van der Waals surface area contributed by atoms with Gasteiger partial charge in [0.1, 0.15) is 17.9 Å². The number of rotatable bonds is 7. The Kier molecular flexibility index (Phi) is 6.71. The monoisotopic (exact) mass is 393 g/mol. The van der Waals surface area contributed by atoms with Crippen LogP contribution >= 0.6 is 0 Å². The molecule has 3 N–H and O–H groups in total. The number of carbonyl (C=O) groups excluding carboxylic acids is 3. The van der Waals surface area contributed by atoms with Crippen LogP contribution in [-0.2, 0) is 19.2 Å². The van der Waals surface area contributed by atoms with Crippen LogP contribution in [0.3, 0.4) is 0 Å². The van der Waals surface area contributed by atoms with Gasteiger partial charge in [-0.1, -0.05) is 13.8 Å². The van der Waals surface area contributed by atoms with Crippen LogP contribution in [0.1, 0.15) is 27.2 Å². The first-order chi connectivity index (χ1) is 13.1. The van der Waals surface area contributed by atoms with Crippen LogP contribution in [0.4, 0.5) is 10.1 Å². The summed E-state index contributed by atoms with van der Waals surface area (Å²) in [5, 5.41) is 13.9. The second-order valence-corrected chi connectivity index (χ2v) is 7.18. The lowest BCUT2D eigenvalue weighted by molar-refractivity contribution is -0.142. The number of carboxylic acids is 1. The molecule has 0 aliphatic carbocycles. The van der Waals surface area contributed by atoms with Gasteiger partial charge in [0.2, 0.25) is 17.7 Å². The number of aliphatic carboxylic acids is 1. The van der Waals surface area contributed by atoms with E-state index in [4.69, 9.17) is 5.11 Å². The Bertz CT molecular complexity index is 765. The van der Waals surface area contributed by atoms with Gasteiger partial charge in [0.15, 0.2) is 0 Å². The first-order valence-corrected chi connectivity index (χ1v) is 8.99. The standard InChI is InChI=1S/C19H24FN3O5/c1-10(2)16(18(26)21-11(3)19(27)28)22-17(25)12-8-15(24)23(9-12)14-6-4-13(20)5-7-14/h4-7,10-12,16H,8-9H2,1-3H3,(H,21,26)(H,22,25)(H,27,28)/t11-,12-,16-/m0/s1. The number of amides is 3. The van der Waals surface area contributed by atoms with Crippen molar-refractivity contribution in [3.05, 3.63) is 30.1 Å². The normalized spacial score (nSPS) is 18.7. The second kappa shape index (κ2) is 8.81. The smallest absolute Gasteiger partial charge is 0.325 e. The molecule has 1 saturated heterocycles. The average molecular weight is 393 g/mol. The highest BCUT2D eigenvalue weighted by Gasteiger charge is 2.37. The molecule has 0 unspecified atom stereocenters. The summed E-state index contributed by atoms with van der Waals surface area (Å²) in [6.07, 6.45) is -0.0266. The number of benzene rings is 1. The highest BCUT2D eigenvalue weighted by molar-refractivity contribution is 6.01. The summed E-state index contributed by atoms with van der Waals surface area (Å²) in [5.41, 5.74) is 0.495. The summed E-state index contributed by atoms with van der Waals surface area (Å²) in [4.78, 5) is 49.5. The highest BCUT2D eigenvalue weighted by Crippen LogP contribution is 2.25. The maximum atomic E-state index is 13.1. The van der Waals surface area contributed by atoms with E-state index in [-0.39, 0.29) is 24.8 Å². The molecule has 2 rings (SSSR count). The van der Waals surface area contributed by atoms with E-state index in [0.717, 1.165) is 0 Å². The number of carboxylic acid groups (broad SMARTS) is 1. The second-order valence-electron chi connectivity index (χ2n) is 7.18. The van der Waals surface area contributed by atoms with Crippen molar-refractivity contribution in [2.45, 2.75) is 39.3 Å². The summed E-state index contributed by atoms with van der Waals surface area (Å²) >= 11 is 0. The van der Waals surface area contributed by atoms with Gasteiger partial charge in [0, 0.05) is 18.7 Å². The molecule has 1 aliphatic rings. The van der Waals surface area contributed by atoms with E-state index in [1.165, 1.54) is 36.1 Å². The molecule has 8 nitrogen and oxygen atoms in total. The van der Waals surface area contributed by atoms with Gasteiger partial charge in [-0.15, -0.1) is 0 Å². The van der Waals surface area contributed by atoms with Crippen LogP contribution in [0.15, 0.2) is 24.3 Å². The minimum absolute atomic E-state index is 0.0266. The zero-order valence-electron chi connectivity index (χ0n) is 15.9. The van der Waals surface area contributed by atoms with Crippen molar-refractivity contribution in [3.63, 3.8) is 0 Å². The topological polar surface area (TPSA) is 116 Å². The lowest BCUT2D eigenvalue weighted by atomic mass is 10.0. The Labute approximate surface area is 162 Å². The Morgan fingerprint density at radius 1 is 1.14 bits per heavy atom. The molecule has 1 aromatic carbocycles. The van der Waals surface area contributed by atoms with Crippen LogP contribution in [0, 0.1) is 17.7 Å². The third-order valence-electron chi connectivity index (χ3n) is 4.61. The van der Waals surface area contributed by atoms with Gasteiger partial charge in [-0.2, -0.15) is 0 Å². The molecule has 1 heterocycles. The molecule has 28 heavy (non-hydrogen) atoms. The van der Waals surface area contributed by atoms with Crippen LogP contribution in [-0.4, -0.2) is 47.4 Å². The molecule has 152 valence electrons. The fourth-order valence-corrected chi connectivity index (χ4v) is 2.92. The molecule has 1 fully saturated rings. The van der Waals surface area contributed by atoms with Gasteiger partial charge in [-0.05, 0) is 37.1 Å². The van der Waals surface area contributed by atoms with E-state index in [1.54, 1.807) is 13.8 Å². The van der Waals surface area contributed by atoms with Crippen molar-refractivity contribution in [1.29, 1.82) is 0 Å². The predicted molar refractivity (Wildman–Crippen MR) is 98.9 cm³/mol. The van der Waals surface area contributed by atoms with E-state index in [0.29, 0.717) is 5.69 Å². The quantitative estimate of drug-likeness (QED) is 0.637. The van der Waals surface area contributed by atoms with Gasteiger partial charge in [-0.3, -0.25) is 19.2 Å². The summed E-state index contributed by atoms with van der Waals surface area (Å²) in [5.74, 6) is -3.88. The van der Waals surface area contributed by atoms with Gasteiger partial charge < -0.3 is 20.6 Å². The number of anilines is 1. The van der Waals surface area contributed by atoms with E-state index in [1.807, 2.05) is 0 Å². The van der Waals surface area contributed by atoms with Gasteiger partial charge >= 0.3 is 5.97 Å². The Balaban J connectivity index is 2.03. The maximum absolute atomic E-state index is 13.1. The number of carbonyl (C=O) groups is 4. The van der Waals surface area contributed by atoms with E-state index < -0.39 is 41.6 Å². The van der Waals surface area contributed by atoms with Crippen LogP contribution < -0.4 is 15.5 Å². The molecule has 0 aromatic heterocycles. The summed E-state index contributed by atoms with van der Waals surface area (Å²) in [6.45, 7) is 4.89. The molecule has 3 atom stereocenters. The van der Waals surface area contributed by atoms with Crippen molar-refractivity contribution in [2.75, 3.05) is 11.4 Å². The third kappa shape index (κ3) is 5.05. The van der Waals surface area contributed by atoms with Crippen molar-refractivity contribution < 1.29 is 28.7 Å². The fraction of sp³-hybridized carbons (Fsp3) is 0.474. The van der Waals surface area contributed by atoms with Crippen molar-refractivity contribution in [2.24, 2.45) is 11.8 Å². The number of nitrogens with zero attached hydrogens (tertiary/aromatic N) is 1. The molecule has 0 radical (unpaired) electrons. The number of halogens is 1. The minimum Gasteiger partial charge on any atom is -0.480 e. The molecule has 0 saturated carbocycles. The Hall–Kier alpha value is -2.97. The fourth-order valence-electron chi connectivity index (χ4n) is 2.92. The number of hydrogen-bond acceptors (Lipinski definition) is 4. The van der Waals surface area contributed by atoms with Crippen LogP contribution in [0.5, 0.6) is 0 Å². The van der Waals surface area contributed by atoms with Crippen LogP contribution in [0.25, 0.3) is 0 Å². The third-order valence-corrected chi connectivity index (χ3v) is 4.61. The van der Waals surface area contributed by atoms with Crippen molar-refractivity contribution in [3.8, 4) is 0 Å². The molecule has 3 amide bonds. The summed E-state index contributed by atoms with van der Waals surface area (Å²) in [7, 11) is 0. The largest absolute Gasteiger partial charge is 0.480 e. The van der Waals surface area contributed by atoms with E-state index in [9.17, 15) is 23.6 Å². The molecule has 1 aromatic rings. The average Bonchev–Trinajstić information content (AvgIpc) is 3.01. The molecule has 1 aliphatic heterocycles. The molecule has 0 spiro atoms. The number of nitrogens with one attached hydrogen (secondary N) is 2. The van der Waals surface area contributed by atoms with Gasteiger partial charge in [0.05, 0.1) is 5.92 Å². The molecule has 0 bridgehead atoms. The van der Waals surface area contributed by atoms with Crippen molar-refractivity contribution >= 4 is 29.4 Å². The SMILES string of the molecule is CC(C)[C@H](NC(=O)[C@H]1CC(=O)N(c2ccc(F)cc2)C1)C(=O)N[C@@H](C)C(=O)O. The first-order valence-electron chi connectivity index (χ1n) is 8.99. The lowest BCUT2D eigenvalue weighted by Gasteiger charge is -2.24. The Morgan fingerprint density at radius 3 is 2.29 bits per heavy atom. The van der Waals surface area contributed by atoms with Crippen molar-refractivity contribution in [1.82, 2.24) is 10.6 Å². The van der Waals surface area contributed by atoms with Gasteiger partial charge in [-0.25, -0.2) is 4.39 Å². The molecular weight excluding hydrogens is 369 g/mol. The molecular formula is C19H24FN3O5. The van der Waals surface area contributed by atoms with Gasteiger partial charge in [0.25, 0.3) is 0 Å². The predicted octanol–water partition coefficient (Wildman–Crippen LogP) is 0.909. The first kappa shape index (κ1) is 21.3. The zero-order valence-corrected chi connectivity index (χ0v) is 15.9. The molecule has 9 heteroatoms. The maximum Gasteiger partial charge on any atom is 0.325 e. The minimum atomic E-state index is -1.18. The Morgan fingerprint density at radius 2 is 1.75 bits per heavy atom.